The van der Waals surface area contributed by atoms with Crippen LogP contribution in [-0.2, 0) is 14.9 Å². The van der Waals surface area contributed by atoms with Crippen LogP contribution in [0.2, 0.25) is 0 Å². The van der Waals surface area contributed by atoms with Crippen molar-refractivity contribution in [1.82, 2.24) is 18.8 Å². The lowest BCUT2D eigenvalue weighted by molar-refractivity contribution is 0.0405. The maximum atomic E-state index is 13.5. The molecule has 1 aromatic heterocycles. The van der Waals surface area contributed by atoms with Gasteiger partial charge in [-0.3, -0.25) is 4.79 Å². The number of aromatic nitrogens is 2. The Bertz CT molecular complexity index is 1260. The van der Waals surface area contributed by atoms with E-state index in [4.69, 9.17) is 15.2 Å². The molecule has 0 bridgehead atoms. The SMILES string of the molecule is COC1CCC(CNS(=O)(=O)N2CCN(c3cnn(-c4ccccc4)c(=O)c3OCC(C)(C)C)CC2)CC1N. The summed E-state index contributed by atoms with van der Waals surface area (Å²) in [6.45, 7) is 8.21. The van der Waals surface area contributed by atoms with Gasteiger partial charge < -0.3 is 20.1 Å². The first-order chi connectivity index (χ1) is 18.5. The summed E-state index contributed by atoms with van der Waals surface area (Å²) in [4.78, 5) is 15.5. The van der Waals surface area contributed by atoms with Crippen molar-refractivity contribution in [1.29, 1.82) is 0 Å². The van der Waals surface area contributed by atoms with Crippen LogP contribution in [0.15, 0.2) is 41.3 Å². The number of benzene rings is 1. The molecule has 3 N–H and O–H groups in total. The molecule has 0 radical (unpaired) electrons. The Labute approximate surface area is 231 Å². The Balaban J connectivity index is 1.44. The van der Waals surface area contributed by atoms with Crippen LogP contribution in [0.1, 0.15) is 40.0 Å². The summed E-state index contributed by atoms with van der Waals surface area (Å²) in [5.41, 5.74) is 6.90. The minimum Gasteiger partial charge on any atom is -0.486 e. The molecule has 0 spiro atoms. The van der Waals surface area contributed by atoms with E-state index in [9.17, 15) is 13.2 Å². The maximum absolute atomic E-state index is 13.5. The van der Waals surface area contributed by atoms with E-state index in [-0.39, 0.29) is 47.9 Å². The minimum atomic E-state index is -3.64. The van der Waals surface area contributed by atoms with Crippen molar-refractivity contribution < 1.29 is 17.9 Å². The van der Waals surface area contributed by atoms with Gasteiger partial charge in [0.05, 0.1) is 24.6 Å². The van der Waals surface area contributed by atoms with Crippen molar-refractivity contribution >= 4 is 15.9 Å². The van der Waals surface area contributed by atoms with E-state index in [1.807, 2.05) is 56.0 Å². The van der Waals surface area contributed by atoms with Crippen molar-refractivity contribution in [3.63, 3.8) is 0 Å². The summed E-state index contributed by atoms with van der Waals surface area (Å²) in [6, 6.07) is 9.12. The first kappa shape index (κ1) is 29.5. The fourth-order valence-electron chi connectivity index (χ4n) is 5.06. The van der Waals surface area contributed by atoms with Gasteiger partial charge in [0.2, 0.25) is 5.75 Å². The summed E-state index contributed by atoms with van der Waals surface area (Å²) >= 11 is 0. The standard InChI is InChI=1S/C27H42N6O5S/c1-27(2,3)19-38-25-23(18-29-33(26(25)34)21-8-6-5-7-9-21)31-12-14-32(15-13-31)39(35,36)30-17-20-10-11-24(37-4)22(28)16-20/h5-9,18,20,22,24,30H,10-17,19,28H2,1-4H3. The number of hydrogen-bond acceptors (Lipinski definition) is 8. The average Bonchev–Trinajstić information content (AvgIpc) is 2.91. The summed E-state index contributed by atoms with van der Waals surface area (Å²) in [6.07, 6.45) is 4.11. The molecule has 1 aliphatic carbocycles. The number of hydrogen-bond donors (Lipinski definition) is 2. The third-order valence-corrected chi connectivity index (χ3v) is 8.86. The van der Waals surface area contributed by atoms with Crippen molar-refractivity contribution in [2.45, 2.75) is 52.2 Å². The molecule has 3 atom stereocenters. The highest BCUT2D eigenvalue weighted by Crippen LogP contribution is 2.28. The number of rotatable bonds is 9. The highest BCUT2D eigenvalue weighted by Gasteiger charge is 2.32. The molecule has 11 nitrogen and oxygen atoms in total. The zero-order valence-corrected chi connectivity index (χ0v) is 24.2. The molecule has 4 rings (SSSR count). The van der Waals surface area contributed by atoms with Gasteiger partial charge in [0.1, 0.15) is 5.69 Å². The first-order valence-electron chi connectivity index (χ1n) is 13.6. The van der Waals surface area contributed by atoms with Gasteiger partial charge >= 0.3 is 5.56 Å². The van der Waals surface area contributed by atoms with Gasteiger partial charge in [0.15, 0.2) is 0 Å². The van der Waals surface area contributed by atoms with Crippen LogP contribution in [-0.4, -0.2) is 81.1 Å². The van der Waals surface area contributed by atoms with Gasteiger partial charge in [-0.1, -0.05) is 39.0 Å². The third-order valence-electron chi connectivity index (χ3n) is 7.28. The van der Waals surface area contributed by atoms with Gasteiger partial charge in [-0.05, 0) is 42.7 Å². The molecule has 2 heterocycles. The molecular weight excluding hydrogens is 520 g/mol. The van der Waals surface area contributed by atoms with E-state index in [0.717, 1.165) is 19.3 Å². The Morgan fingerprint density at radius 2 is 1.79 bits per heavy atom. The van der Waals surface area contributed by atoms with Crippen LogP contribution in [0.3, 0.4) is 0 Å². The second-order valence-electron chi connectivity index (χ2n) is 11.6. The van der Waals surface area contributed by atoms with Crippen molar-refractivity contribution in [3.8, 4) is 11.4 Å². The van der Waals surface area contributed by atoms with Crippen molar-refractivity contribution in [2.75, 3.05) is 51.3 Å². The molecular formula is C27H42N6O5S. The molecule has 12 heteroatoms. The number of methoxy groups -OCH3 is 1. The van der Waals surface area contributed by atoms with E-state index in [0.29, 0.717) is 37.6 Å². The van der Waals surface area contributed by atoms with Gasteiger partial charge in [-0.2, -0.15) is 22.5 Å². The number of para-hydroxylation sites is 1. The van der Waals surface area contributed by atoms with Crippen LogP contribution < -0.4 is 25.7 Å². The Kier molecular flexibility index (Phi) is 9.33. The Morgan fingerprint density at radius 1 is 1.10 bits per heavy atom. The number of anilines is 1. The minimum absolute atomic E-state index is 0.0347. The molecule has 3 unspecified atom stereocenters. The highest BCUT2D eigenvalue weighted by atomic mass is 32.2. The predicted octanol–water partition coefficient (Wildman–Crippen LogP) is 1.76. The van der Waals surface area contributed by atoms with Crippen LogP contribution in [0.25, 0.3) is 5.69 Å². The summed E-state index contributed by atoms with van der Waals surface area (Å²) in [5.74, 6) is 0.411. The molecule has 0 amide bonds. The summed E-state index contributed by atoms with van der Waals surface area (Å²) in [7, 11) is -1.98. The lowest BCUT2D eigenvalue weighted by atomic mass is 9.84. The highest BCUT2D eigenvalue weighted by molar-refractivity contribution is 7.87. The van der Waals surface area contributed by atoms with Crippen LogP contribution in [0, 0.1) is 11.3 Å². The largest absolute Gasteiger partial charge is 0.486 e. The number of nitrogens with zero attached hydrogens (tertiary/aromatic N) is 4. The monoisotopic (exact) mass is 562 g/mol. The maximum Gasteiger partial charge on any atom is 0.316 e. The van der Waals surface area contributed by atoms with Crippen molar-refractivity contribution in [2.24, 2.45) is 17.1 Å². The second kappa shape index (κ2) is 12.3. The number of ether oxygens (including phenoxy) is 2. The van der Waals surface area contributed by atoms with Gasteiger partial charge in [-0.25, -0.2) is 4.72 Å². The smallest absolute Gasteiger partial charge is 0.316 e. The molecule has 2 aromatic rings. The van der Waals surface area contributed by atoms with Crippen LogP contribution in [0.4, 0.5) is 5.69 Å². The lowest BCUT2D eigenvalue weighted by Crippen LogP contribution is -2.53. The molecule has 1 aliphatic heterocycles. The summed E-state index contributed by atoms with van der Waals surface area (Å²) in [5, 5.41) is 4.41. The molecule has 2 fully saturated rings. The average molecular weight is 563 g/mol. The van der Waals surface area contributed by atoms with Gasteiger partial charge in [0.25, 0.3) is 10.2 Å². The van der Waals surface area contributed by atoms with Gasteiger partial charge in [0, 0.05) is 45.9 Å². The zero-order valence-electron chi connectivity index (χ0n) is 23.4. The number of piperazine rings is 1. The zero-order chi connectivity index (χ0) is 28.2. The molecule has 1 aromatic carbocycles. The number of nitrogens with one attached hydrogen (secondary N) is 1. The predicted molar refractivity (Wildman–Crippen MR) is 152 cm³/mol. The first-order valence-corrected chi connectivity index (χ1v) is 15.0. The normalized spacial score (nSPS) is 23.1. The molecule has 2 aliphatic rings. The lowest BCUT2D eigenvalue weighted by Gasteiger charge is -2.36. The van der Waals surface area contributed by atoms with Crippen LogP contribution in [0.5, 0.6) is 5.75 Å². The molecule has 1 saturated heterocycles. The molecule has 39 heavy (non-hydrogen) atoms. The van der Waals surface area contributed by atoms with E-state index in [2.05, 4.69) is 9.82 Å². The second-order valence-corrected chi connectivity index (χ2v) is 13.4. The van der Waals surface area contributed by atoms with E-state index < -0.39 is 10.2 Å². The summed E-state index contributed by atoms with van der Waals surface area (Å²) < 4.78 is 43.2. The Morgan fingerprint density at radius 3 is 2.41 bits per heavy atom. The van der Waals surface area contributed by atoms with E-state index in [1.165, 1.54) is 8.99 Å². The Hall–Kier alpha value is -2.51. The quantitative estimate of drug-likeness (QED) is 0.473. The van der Waals surface area contributed by atoms with Crippen molar-refractivity contribution in [3.05, 3.63) is 46.9 Å². The fourth-order valence-corrected chi connectivity index (χ4v) is 6.34. The topological polar surface area (TPSA) is 132 Å². The fraction of sp³-hybridized carbons (Fsp3) is 0.630. The van der Waals surface area contributed by atoms with Gasteiger partial charge in [-0.15, -0.1) is 0 Å². The number of nitrogens with two attached hydrogens (primary N) is 1. The molecule has 1 saturated carbocycles. The van der Waals surface area contributed by atoms with E-state index in [1.54, 1.807) is 13.3 Å². The molecule has 216 valence electrons. The van der Waals surface area contributed by atoms with E-state index >= 15 is 0 Å². The third kappa shape index (κ3) is 7.37. The van der Waals surface area contributed by atoms with Crippen LogP contribution >= 0.6 is 0 Å².